The molecule has 1 N–H and O–H groups in total. The van der Waals surface area contributed by atoms with Crippen LogP contribution in [0, 0.1) is 3.57 Å². The number of amides is 1. The summed E-state index contributed by atoms with van der Waals surface area (Å²) in [6.45, 7) is 0. The largest absolute Gasteiger partial charge is 0.423 e. The van der Waals surface area contributed by atoms with Gasteiger partial charge in [0.05, 0.1) is 5.56 Å². The van der Waals surface area contributed by atoms with Gasteiger partial charge in [-0.2, -0.15) is 0 Å². The molecule has 0 atom stereocenters. The zero-order valence-electron chi connectivity index (χ0n) is 13.4. The van der Waals surface area contributed by atoms with Crippen LogP contribution in [-0.2, 0) is 0 Å². The van der Waals surface area contributed by atoms with Gasteiger partial charge in [0.25, 0.3) is 5.91 Å². The van der Waals surface area contributed by atoms with Crippen molar-refractivity contribution in [3.05, 3.63) is 92.5 Å². The maximum Gasteiger partial charge on any atom is 0.343 e. The Labute approximate surface area is 169 Å². The second-order valence-corrected chi connectivity index (χ2v) is 7.07. The minimum absolute atomic E-state index is 0.245. The van der Waals surface area contributed by atoms with Gasteiger partial charge in [-0.15, -0.1) is 0 Å². The number of anilines is 1. The molecule has 1 amide bonds. The lowest BCUT2D eigenvalue weighted by Crippen LogP contribution is -2.12. The molecule has 4 nitrogen and oxygen atoms in total. The summed E-state index contributed by atoms with van der Waals surface area (Å²) < 4.78 is 6.30. The summed E-state index contributed by atoms with van der Waals surface area (Å²) in [6, 6.07) is 20.4. The molecule has 0 saturated carbocycles. The highest BCUT2D eigenvalue weighted by Gasteiger charge is 2.10. The third-order valence-corrected chi connectivity index (χ3v) is 4.41. The highest BCUT2D eigenvalue weighted by atomic mass is 127. The molecule has 0 spiro atoms. The topological polar surface area (TPSA) is 55.4 Å². The van der Waals surface area contributed by atoms with Gasteiger partial charge in [-0.1, -0.05) is 17.7 Å². The van der Waals surface area contributed by atoms with Gasteiger partial charge in [-0.25, -0.2) is 4.79 Å². The normalized spacial score (nSPS) is 10.2. The van der Waals surface area contributed by atoms with E-state index in [1.54, 1.807) is 66.7 Å². The van der Waals surface area contributed by atoms with Crippen LogP contribution in [0.3, 0.4) is 0 Å². The van der Waals surface area contributed by atoms with Crippen molar-refractivity contribution in [1.29, 1.82) is 0 Å². The van der Waals surface area contributed by atoms with Gasteiger partial charge >= 0.3 is 5.97 Å². The van der Waals surface area contributed by atoms with E-state index >= 15 is 0 Å². The van der Waals surface area contributed by atoms with Gasteiger partial charge < -0.3 is 10.1 Å². The molecule has 0 bridgehead atoms. The maximum absolute atomic E-state index is 12.2. The van der Waals surface area contributed by atoms with Crippen molar-refractivity contribution < 1.29 is 14.3 Å². The third-order valence-electron chi connectivity index (χ3n) is 3.49. The molecule has 0 aliphatic heterocycles. The number of nitrogens with one attached hydrogen (secondary N) is 1. The van der Waals surface area contributed by atoms with E-state index in [1.165, 1.54) is 0 Å². The van der Waals surface area contributed by atoms with Gasteiger partial charge in [0, 0.05) is 19.8 Å². The number of benzene rings is 3. The van der Waals surface area contributed by atoms with Crippen LogP contribution in [0.15, 0.2) is 72.8 Å². The van der Waals surface area contributed by atoms with Crippen LogP contribution in [0.4, 0.5) is 5.69 Å². The first-order valence-electron chi connectivity index (χ1n) is 7.66. The Balaban J connectivity index is 1.64. The minimum Gasteiger partial charge on any atom is -0.423 e. The monoisotopic (exact) mass is 477 g/mol. The van der Waals surface area contributed by atoms with E-state index in [-0.39, 0.29) is 5.91 Å². The Hall–Kier alpha value is -2.38. The number of halogens is 2. The van der Waals surface area contributed by atoms with E-state index in [0.29, 0.717) is 27.6 Å². The van der Waals surface area contributed by atoms with Gasteiger partial charge in [0.1, 0.15) is 5.75 Å². The van der Waals surface area contributed by atoms with Crippen LogP contribution in [0.5, 0.6) is 5.75 Å². The van der Waals surface area contributed by atoms with Gasteiger partial charge in [-0.3, -0.25) is 4.79 Å². The van der Waals surface area contributed by atoms with Crippen molar-refractivity contribution in [3.63, 3.8) is 0 Å². The van der Waals surface area contributed by atoms with Crippen molar-refractivity contribution in [2.75, 3.05) is 5.32 Å². The minimum atomic E-state index is -0.429. The van der Waals surface area contributed by atoms with Crippen LogP contribution >= 0.6 is 34.2 Å². The maximum atomic E-state index is 12.2. The molecule has 0 aliphatic carbocycles. The summed E-state index contributed by atoms with van der Waals surface area (Å²) in [6.07, 6.45) is 0. The van der Waals surface area contributed by atoms with Crippen LogP contribution in [0.1, 0.15) is 20.7 Å². The van der Waals surface area contributed by atoms with Crippen molar-refractivity contribution in [1.82, 2.24) is 0 Å². The summed E-state index contributed by atoms with van der Waals surface area (Å²) in [5, 5.41) is 3.34. The lowest BCUT2D eigenvalue weighted by Gasteiger charge is -2.08. The van der Waals surface area contributed by atoms with E-state index in [0.717, 1.165) is 3.57 Å². The lowest BCUT2D eigenvalue weighted by atomic mass is 10.2. The fourth-order valence-electron chi connectivity index (χ4n) is 2.19. The van der Waals surface area contributed by atoms with Crippen LogP contribution in [0.2, 0.25) is 5.02 Å². The van der Waals surface area contributed by atoms with E-state index in [9.17, 15) is 9.59 Å². The van der Waals surface area contributed by atoms with E-state index < -0.39 is 5.97 Å². The Morgan fingerprint density at radius 1 is 0.885 bits per heavy atom. The zero-order chi connectivity index (χ0) is 18.5. The van der Waals surface area contributed by atoms with E-state index in [1.807, 2.05) is 6.07 Å². The number of rotatable bonds is 4. The Morgan fingerprint density at radius 2 is 1.58 bits per heavy atom. The van der Waals surface area contributed by atoms with E-state index in [4.69, 9.17) is 16.3 Å². The fourth-order valence-corrected chi connectivity index (χ4v) is 2.86. The Morgan fingerprint density at radius 3 is 2.23 bits per heavy atom. The van der Waals surface area contributed by atoms with Gasteiger partial charge in [-0.05, 0) is 89.3 Å². The molecule has 3 rings (SSSR count). The molecule has 0 radical (unpaired) electrons. The molecule has 26 heavy (non-hydrogen) atoms. The SMILES string of the molecule is O=C(Nc1ccc(OC(=O)c2cccc(I)c2)cc1)c1ccc(Cl)cc1. The first kappa shape index (κ1) is 18.4. The van der Waals surface area contributed by atoms with Crippen molar-refractivity contribution in [2.45, 2.75) is 0 Å². The summed E-state index contributed by atoms with van der Waals surface area (Å²) in [5.41, 5.74) is 1.58. The summed E-state index contributed by atoms with van der Waals surface area (Å²) in [5.74, 6) is -0.273. The number of hydrogen-bond acceptors (Lipinski definition) is 3. The number of hydrogen-bond donors (Lipinski definition) is 1. The molecule has 0 fully saturated rings. The smallest absolute Gasteiger partial charge is 0.343 e. The lowest BCUT2D eigenvalue weighted by molar-refractivity contribution is 0.0734. The van der Waals surface area contributed by atoms with Crippen LogP contribution < -0.4 is 10.1 Å². The highest BCUT2D eigenvalue weighted by molar-refractivity contribution is 14.1. The second kappa shape index (κ2) is 8.33. The molecule has 0 heterocycles. The molecule has 0 unspecified atom stereocenters. The molecule has 0 aromatic heterocycles. The van der Waals surface area contributed by atoms with E-state index in [2.05, 4.69) is 27.9 Å². The quantitative estimate of drug-likeness (QED) is 0.310. The average molecular weight is 478 g/mol. The first-order valence-corrected chi connectivity index (χ1v) is 9.12. The summed E-state index contributed by atoms with van der Waals surface area (Å²) >= 11 is 7.95. The predicted octanol–water partition coefficient (Wildman–Crippen LogP) is 5.42. The molecule has 0 aliphatic rings. The number of esters is 1. The van der Waals surface area contributed by atoms with Crippen molar-refractivity contribution >= 4 is 51.8 Å². The molecular formula is C20H13ClINO3. The van der Waals surface area contributed by atoms with Gasteiger partial charge in [0.15, 0.2) is 0 Å². The molecule has 3 aromatic carbocycles. The zero-order valence-corrected chi connectivity index (χ0v) is 16.3. The van der Waals surface area contributed by atoms with Crippen molar-refractivity contribution in [3.8, 4) is 5.75 Å². The molecule has 130 valence electrons. The Bertz CT molecular complexity index is 940. The van der Waals surface area contributed by atoms with Gasteiger partial charge in [0.2, 0.25) is 0 Å². The first-order chi connectivity index (χ1) is 12.5. The summed E-state index contributed by atoms with van der Waals surface area (Å²) in [7, 11) is 0. The standard InChI is InChI=1S/C20H13ClINO3/c21-15-6-4-13(5-7-15)19(24)23-17-8-10-18(11-9-17)26-20(25)14-2-1-3-16(22)12-14/h1-12H,(H,23,24). The molecular weight excluding hydrogens is 465 g/mol. The van der Waals surface area contributed by atoms with Crippen molar-refractivity contribution in [2.24, 2.45) is 0 Å². The molecule has 3 aromatic rings. The summed E-state index contributed by atoms with van der Waals surface area (Å²) in [4.78, 5) is 24.3. The predicted molar refractivity (Wildman–Crippen MR) is 110 cm³/mol. The Kier molecular flexibility index (Phi) is 5.90. The molecule has 0 saturated heterocycles. The van der Waals surface area contributed by atoms with Crippen LogP contribution in [-0.4, -0.2) is 11.9 Å². The number of carbonyl (C=O) groups is 2. The number of ether oxygens (including phenoxy) is 1. The fraction of sp³-hybridized carbons (Fsp3) is 0. The molecule has 6 heteroatoms. The second-order valence-electron chi connectivity index (χ2n) is 5.39. The third kappa shape index (κ3) is 4.83. The van der Waals surface area contributed by atoms with Crippen LogP contribution in [0.25, 0.3) is 0 Å². The number of carbonyl (C=O) groups excluding carboxylic acids is 2. The average Bonchev–Trinajstić information content (AvgIpc) is 2.64. The highest BCUT2D eigenvalue weighted by Crippen LogP contribution is 2.19.